The fourth-order valence-electron chi connectivity index (χ4n) is 3.37. The SMILES string of the molecule is O=S(=O)(c1cccs1)N1CCN(Cn2c(NCCO)nc3ccccc32)CC1. The van der Waals surface area contributed by atoms with Crippen molar-refractivity contribution in [2.75, 3.05) is 44.6 Å². The van der Waals surface area contributed by atoms with E-state index >= 15 is 0 Å². The quantitative estimate of drug-likeness (QED) is 0.600. The van der Waals surface area contributed by atoms with Gasteiger partial charge in [0.25, 0.3) is 10.0 Å². The molecule has 0 amide bonds. The summed E-state index contributed by atoms with van der Waals surface area (Å²) in [6.07, 6.45) is 0. The Bertz CT molecular complexity index is 1020. The second-order valence-corrected chi connectivity index (χ2v) is 9.71. The Labute approximate surface area is 168 Å². The molecule has 0 atom stereocenters. The number of anilines is 1. The Balaban J connectivity index is 1.48. The Hall–Kier alpha value is -1.98. The smallest absolute Gasteiger partial charge is 0.252 e. The average Bonchev–Trinajstić information content (AvgIpc) is 3.36. The molecule has 3 heterocycles. The van der Waals surface area contributed by atoms with E-state index in [0.717, 1.165) is 11.0 Å². The van der Waals surface area contributed by atoms with Crippen molar-refractivity contribution in [1.29, 1.82) is 0 Å². The van der Waals surface area contributed by atoms with E-state index in [9.17, 15) is 8.42 Å². The molecular weight excluding hydrogens is 398 g/mol. The van der Waals surface area contributed by atoms with Crippen molar-refractivity contribution in [2.24, 2.45) is 0 Å². The van der Waals surface area contributed by atoms with Crippen LogP contribution >= 0.6 is 11.3 Å². The average molecular weight is 422 g/mol. The van der Waals surface area contributed by atoms with Gasteiger partial charge in [-0.05, 0) is 23.6 Å². The first-order valence-corrected chi connectivity index (χ1v) is 11.5. The van der Waals surface area contributed by atoms with Crippen molar-refractivity contribution < 1.29 is 13.5 Å². The highest BCUT2D eigenvalue weighted by molar-refractivity contribution is 7.91. The molecule has 4 rings (SSSR count). The molecule has 1 aliphatic heterocycles. The van der Waals surface area contributed by atoms with Crippen LogP contribution in [0.1, 0.15) is 0 Å². The van der Waals surface area contributed by atoms with Crippen LogP contribution in [0.5, 0.6) is 0 Å². The molecule has 10 heteroatoms. The number of hydrogen-bond acceptors (Lipinski definition) is 7. The summed E-state index contributed by atoms with van der Waals surface area (Å²) in [5, 5.41) is 14.1. The van der Waals surface area contributed by atoms with E-state index in [1.54, 1.807) is 21.8 Å². The highest BCUT2D eigenvalue weighted by Gasteiger charge is 2.29. The number of imidazole rings is 1. The minimum atomic E-state index is -3.39. The molecule has 0 radical (unpaired) electrons. The van der Waals surface area contributed by atoms with Crippen LogP contribution in [0.2, 0.25) is 0 Å². The number of aromatic nitrogens is 2. The van der Waals surface area contributed by atoms with Gasteiger partial charge in [-0.3, -0.25) is 9.47 Å². The van der Waals surface area contributed by atoms with Crippen LogP contribution in [0.4, 0.5) is 5.95 Å². The van der Waals surface area contributed by atoms with Crippen molar-refractivity contribution in [1.82, 2.24) is 18.8 Å². The van der Waals surface area contributed by atoms with E-state index < -0.39 is 10.0 Å². The maximum Gasteiger partial charge on any atom is 0.252 e. The molecule has 2 N–H and O–H groups in total. The maximum absolute atomic E-state index is 12.7. The second-order valence-electron chi connectivity index (χ2n) is 6.60. The standard InChI is InChI=1S/C18H23N5O3S2/c24-12-7-19-18-20-15-4-1-2-5-16(15)23(18)14-21-8-10-22(11-9-21)28(25,26)17-6-3-13-27-17/h1-6,13,24H,7-12,14H2,(H,19,20). The van der Waals surface area contributed by atoms with E-state index in [0.29, 0.717) is 49.5 Å². The molecule has 1 fully saturated rings. The molecular formula is C18H23N5O3S2. The Morgan fingerprint density at radius 2 is 1.89 bits per heavy atom. The van der Waals surface area contributed by atoms with E-state index in [4.69, 9.17) is 5.11 Å². The van der Waals surface area contributed by atoms with Crippen LogP contribution < -0.4 is 5.32 Å². The lowest BCUT2D eigenvalue weighted by atomic mass is 10.3. The number of nitrogens with one attached hydrogen (secondary N) is 1. The molecule has 2 aromatic heterocycles. The summed E-state index contributed by atoms with van der Waals surface area (Å²) in [5.41, 5.74) is 1.90. The van der Waals surface area contributed by atoms with Crippen molar-refractivity contribution >= 4 is 38.3 Å². The lowest BCUT2D eigenvalue weighted by Crippen LogP contribution is -2.48. The number of hydrogen-bond donors (Lipinski definition) is 2. The number of benzene rings is 1. The number of aliphatic hydroxyl groups excluding tert-OH is 1. The highest BCUT2D eigenvalue weighted by atomic mass is 32.2. The summed E-state index contributed by atoms with van der Waals surface area (Å²) in [7, 11) is -3.39. The van der Waals surface area contributed by atoms with Gasteiger partial charge in [0.1, 0.15) is 4.21 Å². The van der Waals surface area contributed by atoms with Crippen molar-refractivity contribution in [2.45, 2.75) is 10.9 Å². The van der Waals surface area contributed by atoms with Gasteiger partial charge in [-0.2, -0.15) is 4.31 Å². The number of sulfonamides is 1. The molecule has 150 valence electrons. The van der Waals surface area contributed by atoms with Gasteiger partial charge in [-0.1, -0.05) is 18.2 Å². The van der Waals surface area contributed by atoms with Crippen LogP contribution in [-0.4, -0.2) is 71.6 Å². The van der Waals surface area contributed by atoms with Crippen molar-refractivity contribution in [3.8, 4) is 0 Å². The zero-order valence-electron chi connectivity index (χ0n) is 15.4. The fraction of sp³-hybridized carbons (Fsp3) is 0.389. The normalized spacial score (nSPS) is 16.6. The third kappa shape index (κ3) is 3.78. The van der Waals surface area contributed by atoms with Gasteiger partial charge in [0, 0.05) is 32.7 Å². The molecule has 3 aromatic rings. The van der Waals surface area contributed by atoms with Gasteiger partial charge in [0.15, 0.2) is 0 Å². The lowest BCUT2D eigenvalue weighted by molar-refractivity contribution is 0.155. The van der Waals surface area contributed by atoms with Crippen LogP contribution in [0.15, 0.2) is 46.0 Å². The first-order chi connectivity index (χ1) is 13.6. The number of thiophene rings is 1. The van der Waals surface area contributed by atoms with Crippen LogP contribution in [0.25, 0.3) is 11.0 Å². The fourth-order valence-corrected chi connectivity index (χ4v) is 5.94. The van der Waals surface area contributed by atoms with Gasteiger partial charge in [0.05, 0.1) is 24.3 Å². The minimum Gasteiger partial charge on any atom is -0.395 e. The van der Waals surface area contributed by atoms with E-state index in [1.165, 1.54) is 11.3 Å². The van der Waals surface area contributed by atoms with Gasteiger partial charge < -0.3 is 10.4 Å². The molecule has 8 nitrogen and oxygen atoms in total. The summed E-state index contributed by atoms with van der Waals surface area (Å²) in [5.74, 6) is 0.712. The van der Waals surface area contributed by atoms with Crippen LogP contribution in [0.3, 0.4) is 0 Å². The predicted molar refractivity (Wildman–Crippen MR) is 110 cm³/mol. The van der Waals surface area contributed by atoms with Gasteiger partial charge >= 0.3 is 0 Å². The van der Waals surface area contributed by atoms with E-state index in [1.807, 2.05) is 24.3 Å². The second kappa shape index (κ2) is 8.18. The Morgan fingerprint density at radius 3 is 2.61 bits per heavy atom. The minimum absolute atomic E-state index is 0.0302. The van der Waals surface area contributed by atoms with Crippen molar-refractivity contribution in [3.63, 3.8) is 0 Å². The first-order valence-electron chi connectivity index (χ1n) is 9.15. The molecule has 0 unspecified atom stereocenters. The number of piperazine rings is 1. The Morgan fingerprint density at radius 1 is 1.11 bits per heavy atom. The summed E-state index contributed by atoms with van der Waals surface area (Å²) in [4.78, 5) is 6.83. The molecule has 0 saturated carbocycles. The molecule has 0 spiro atoms. The largest absolute Gasteiger partial charge is 0.395 e. The van der Waals surface area contributed by atoms with Crippen LogP contribution in [-0.2, 0) is 16.7 Å². The third-order valence-corrected chi connectivity index (χ3v) is 8.08. The van der Waals surface area contributed by atoms with E-state index in [-0.39, 0.29) is 6.61 Å². The number of rotatable bonds is 7. The third-order valence-electron chi connectivity index (χ3n) is 4.81. The molecule has 0 aliphatic carbocycles. The number of fused-ring (bicyclic) bond motifs is 1. The molecule has 0 bridgehead atoms. The number of para-hydroxylation sites is 2. The summed E-state index contributed by atoms with van der Waals surface area (Å²) >= 11 is 1.25. The predicted octanol–water partition coefficient (Wildman–Crippen LogP) is 1.47. The molecule has 1 aromatic carbocycles. The van der Waals surface area contributed by atoms with Gasteiger partial charge in [-0.15, -0.1) is 11.3 Å². The zero-order valence-corrected chi connectivity index (χ0v) is 17.0. The monoisotopic (exact) mass is 421 g/mol. The summed E-state index contributed by atoms with van der Waals surface area (Å²) in [6, 6.07) is 11.3. The van der Waals surface area contributed by atoms with Gasteiger partial charge in [0.2, 0.25) is 5.95 Å². The molecule has 1 aliphatic rings. The topological polar surface area (TPSA) is 90.7 Å². The van der Waals surface area contributed by atoms with E-state index in [2.05, 4.69) is 19.8 Å². The number of aliphatic hydroxyl groups is 1. The first kappa shape index (κ1) is 19.3. The summed E-state index contributed by atoms with van der Waals surface area (Å²) < 4.78 is 29.4. The zero-order chi connectivity index (χ0) is 19.6. The highest BCUT2D eigenvalue weighted by Crippen LogP contribution is 2.24. The van der Waals surface area contributed by atoms with Gasteiger partial charge in [-0.25, -0.2) is 13.4 Å². The summed E-state index contributed by atoms with van der Waals surface area (Å²) in [6.45, 7) is 3.30. The maximum atomic E-state index is 12.7. The Kier molecular flexibility index (Phi) is 5.65. The molecule has 1 saturated heterocycles. The van der Waals surface area contributed by atoms with Crippen molar-refractivity contribution in [3.05, 3.63) is 41.8 Å². The van der Waals surface area contributed by atoms with Crippen LogP contribution in [0, 0.1) is 0 Å². The number of nitrogens with zero attached hydrogens (tertiary/aromatic N) is 4. The lowest BCUT2D eigenvalue weighted by Gasteiger charge is -2.34. The molecule has 28 heavy (non-hydrogen) atoms.